The van der Waals surface area contributed by atoms with Crippen LogP contribution in [0.2, 0.25) is 0 Å². The molecule has 4 rings (SSSR count). The van der Waals surface area contributed by atoms with Gasteiger partial charge in [-0.2, -0.15) is 4.98 Å². The molecule has 2 aliphatic heterocycles. The molecule has 2 saturated heterocycles. The second kappa shape index (κ2) is 11.3. The number of fused-ring (bicyclic) bond motifs is 1. The lowest BCUT2D eigenvalue weighted by molar-refractivity contribution is 0.0374. The molecule has 2 fully saturated rings. The summed E-state index contributed by atoms with van der Waals surface area (Å²) in [6.07, 6.45) is 3.24. The molecule has 1 amide bonds. The van der Waals surface area contributed by atoms with Crippen LogP contribution in [-0.4, -0.2) is 110 Å². The van der Waals surface area contributed by atoms with Crippen LogP contribution < -0.4 is 10.6 Å². The Labute approximate surface area is 181 Å². The number of nitrogens with zero attached hydrogens (tertiary/aromatic N) is 5. The van der Waals surface area contributed by atoms with Crippen LogP contribution in [0, 0.1) is 0 Å². The van der Waals surface area contributed by atoms with E-state index in [2.05, 4.69) is 35.6 Å². The molecule has 0 unspecified atom stereocenters. The fraction of sp³-hybridized carbons (Fsp3) is 0.700. The monoisotopic (exact) mass is 433 g/mol. The molecule has 11 nitrogen and oxygen atoms in total. The van der Waals surface area contributed by atoms with E-state index in [0.29, 0.717) is 23.5 Å². The van der Waals surface area contributed by atoms with Gasteiger partial charge in [-0.05, 0) is 25.9 Å². The summed E-state index contributed by atoms with van der Waals surface area (Å²) in [6, 6.07) is 0. The highest BCUT2D eigenvalue weighted by molar-refractivity contribution is 6.06. The Morgan fingerprint density at radius 3 is 2.26 bits per heavy atom. The molecule has 2 aromatic rings. The van der Waals surface area contributed by atoms with Gasteiger partial charge in [-0.15, -0.1) is 0 Å². The molecule has 0 radical (unpaired) electrons. The van der Waals surface area contributed by atoms with E-state index in [-0.39, 0.29) is 11.6 Å². The van der Waals surface area contributed by atoms with Crippen LogP contribution >= 0.6 is 0 Å². The van der Waals surface area contributed by atoms with Gasteiger partial charge in [-0.3, -0.25) is 14.6 Å². The van der Waals surface area contributed by atoms with Crippen LogP contribution in [0.15, 0.2) is 10.9 Å². The molecular weight excluding hydrogens is 402 g/mol. The molecule has 11 heteroatoms. The van der Waals surface area contributed by atoms with Crippen LogP contribution in [-0.2, 0) is 9.47 Å². The average molecular weight is 434 g/mol. The van der Waals surface area contributed by atoms with Gasteiger partial charge in [0.25, 0.3) is 11.6 Å². The van der Waals surface area contributed by atoms with Crippen LogP contribution in [0.3, 0.4) is 0 Å². The van der Waals surface area contributed by atoms with E-state index >= 15 is 0 Å². The van der Waals surface area contributed by atoms with E-state index in [1.54, 1.807) is 0 Å². The summed E-state index contributed by atoms with van der Waals surface area (Å²) in [5.74, 6) is 0.304. The van der Waals surface area contributed by atoms with Gasteiger partial charge in [0.2, 0.25) is 0 Å². The van der Waals surface area contributed by atoms with Crippen molar-refractivity contribution in [2.45, 2.75) is 12.8 Å². The van der Waals surface area contributed by atoms with E-state index in [9.17, 15) is 4.79 Å². The number of ether oxygens (including phenoxy) is 2. The minimum absolute atomic E-state index is 0.220. The Bertz CT molecular complexity index is 834. The average Bonchev–Trinajstić information content (AvgIpc) is 3.26. The van der Waals surface area contributed by atoms with Crippen molar-refractivity contribution in [3.8, 4) is 0 Å². The van der Waals surface area contributed by atoms with E-state index in [4.69, 9.17) is 14.0 Å². The number of carbonyl (C=O) groups excluding carboxylic acids is 1. The number of carbonyl (C=O) groups is 1. The number of morpholine rings is 2. The third-order valence-corrected chi connectivity index (χ3v) is 5.58. The van der Waals surface area contributed by atoms with Crippen molar-refractivity contribution in [1.29, 1.82) is 0 Å². The third kappa shape index (κ3) is 6.10. The molecule has 0 atom stereocenters. The lowest BCUT2D eigenvalue weighted by atomic mass is 10.2. The van der Waals surface area contributed by atoms with E-state index < -0.39 is 0 Å². The van der Waals surface area contributed by atoms with Crippen molar-refractivity contribution >= 4 is 22.8 Å². The first-order valence-electron chi connectivity index (χ1n) is 11.0. The summed E-state index contributed by atoms with van der Waals surface area (Å²) in [5.41, 5.74) is 0.529. The molecule has 170 valence electrons. The zero-order chi connectivity index (χ0) is 21.3. The van der Waals surface area contributed by atoms with E-state index in [1.807, 2.05) is 0 Å². The molecule has 2 aliphatic rings. The molecule has 0 spiro atoms. The van der Waals surface area contributed by atoms with Gasteiger partial charge >= 0.3 is 0 Å². The first-order chi connectivity index (χ1) is 15.3. The van der Waals surface area contributed by atoms with Crippen LogP contribution in [0.25, 0.3) is 11.1 Å². The maximum absolute atomic E-state index is 12.7. The molecule has 0 bridgehead atoms. The SMILES string of the molecule is O=C(NCCCN1CCOCC1)c1noc2ncnc(NCCCN3CCOCC3)c12. The second-order valence-electron chi connectivity index (χ2n) is 7.73. The smallest absolute Gasteiger partial charge is 0.274 e. The first kappa shape index (κ1) is 21.9. The number of nitrogens with one attached hydrogen (secondary N) is 2. The maximum atomic E-state index is 12.7. The van der Waals surface area contributed by atoms with Crippen molar-refractivity contribution in [3.63, 3.8) is 0 Å². The standard InChI is InChI=1S/C20H31N7O4/c28-19(22-4-2-6-27-9-13-30-14-10-27)17-16-18(23-15-24-20(16)31-25-17)21-3-1-5-26-7-11-29-12-8-26/h15H,1-14H2,(H,22,28)(H,21,23,24). The fourth-order valence-electron chi connectivity index (χ4n) is 3.82. The fourth-order valence-corrected chi connectivity index (χ4v) is 3.82. The Morgan fingerprint density at radius 1 is 0.935 bits per heavy atom. The third-order valence-electron chi connectivity index (χ3n) is 5.58. The summed E-state index contributed by atoms with van der Waals surface area (Å²) < 4.78 is 16.0. The molecule has 31 heavy (non-hydrogen) atoms. The van der Waals surface area contributed by atoms with Gasteiger partial charge in [0.1, 0.15) is 17.5 Å². The highest BCUT2D eigenvalue weighted by Crippen LogP contribution is 2.23. The summed E-state index contributed by atoms with van der Waals surface area (Å²) in [7, 11) is 0. The predicted octanol–water partition coefficient (Wildman–Crippen LogP) is 0.204. The molecule has 2 N–H and O–H groups in total. The largest absolute Gasteiger partial charge is 0.379 e. The van der Waals surface area contributed by atoms with Crippen molar-refractivity contribution in [3.05, 3.63) is 12.0 Å². The summed E-state index contributed by atoms with van der Waals surface area (Å²) in [4.78, 5) is 25.8. The van der Waals surface area contributed by atoms with Crippen molar-refractivity contribution in [1.82, 2.24) is 30.2 Å². The molecule has 0 aromatic carbocycles. The Balaban J connectivity index is 1.27. The number of amides is 1. The Morgan fingerprint density at radius 2 is 1.58 bits per heavy atom. The summed E-state index contributed by atoms with van der Waals surface area (Å²) >= 11 is 0. The van der Waals surface area contributed by atoms with Crippen LogP contribution in [0.4, 0.5) is 5.82 Å². The molecule has 0 aliphatic carbocycles. The number of rotatable bonds is 10. The van der Waals surface area contributed by atoms with Crippen molar-refractivity contribution < 1.29 is 18.8 Å². The number of aromatic nitrogens is 3. The second-order valence-corrected chi connectivity index (χ2v) is 7.73. The Kier molecular flexibility index (Phi) is 7.99. The zero-order valence-corrected chi connectivity index (χ0v) is 17.8. The number of anilines is 1. The van der Waals surface area contributed by atoms with Crippen LogP contribution in [0.5, 0.6) is 0 Å². The van der Waals surface area contributed by atoms with Gasteiger partial charge in [0, 0.05) is 39.3 Å². The zero-order valence-electron chi connectivity index (χ0n) is 17.8. The quantitative estimate of drug-likeness (QED) is 0.503. The normalized spacial score (nSPS) is 18.3. The van der Waals surface area contributed by atoms with Gasteiger partial charge in [0.05, 0.1) is 26.4 Å². The molecule has 4 heterocycles. The van der Waals surface area contributed by atoms with Gasteiger partial charge < -0.3 is 24.6 Å². The van der Waals surface area contributed by atoms with Gasteiger partial charge in [0.15, 0.2) is 5.69 Å². The summed E-state index contributed by atoms with van der Waals surface area (Å²) in [6.45, 7) is 10.2. The number of hydrogen-bond acceptors (Lipinski definition) is 10. The first-order valence-corrected chi connectivity index (χ1v) is 11.0. The lowest BCUT2D eigenvalue weighted by Gasteiger charge is -2.26. The number of hydrogen-bond donors (Lipinski definition) is 2. The van der Waals surface area contributed by atoms with E-state index in [1.165, 1.54) is 6.33 Å². The predicted molar refractivity (Wildman–Crippen MR) is 114 cm³/mol. The van der Waals surface area contributed by atoms with Crippen LogP contribution in [0.1, 0.15) is 23.3 Å². The van der Waals surface area contributed by atoms with Gasteiger partial charge in [-0.1, -0.05) is 5.16 Å². The molecular formula is C20H31N7O4. The molecule has 2 aromatic heterocycles. The van der Waals surface area contributed by atoms with Crippen molar-refractivity contribution in [2.24, 2.45) is 0 Å². The Hall–Kier alpha value is -2.34. The summed E-state index contributed by atoms with van der Waals surface area (Å²) in [5, 5.41) is 10.7. The van der Waals surface area contributed by atoms with Gasteiger partial charge in [-0.25, -0.2) is 4.98 Å². The topological polar surface area (TPSA) is 118 Å². The maximum Gasteiger partial charge on any atom is 0.274 e. The lowest BCUT2D eigenvalue weighted by Crippen LogP contribution is -2.38. The highest BCUT2D eigenvalue weighted by Gasteiger charge is 2.21. The highest BCUT2D eigenvalue weighted by atomic mass is 16.5. The van der Waals surface area contributed by atoms with Crippen molar-refractivity contribution in [2.75, 3.05) is 84.1 Å². The van der Waals surface area contributed by atoms with E-state index in [0.717, 1.165) is 85.1 Å². The molecule has 0 saturated carbocycles. The minimum Gasteiger partial charge on any atom is -0.379 e. The minimum atomic E-state index is -0.271.